The zero-order valence-electron chi connectivity index (χ0n) is 22.8. The van der Waals surface area contributed by atoms with E-state index in [-0.39, 0.29) is 31.4 Å². The number of rotatable bonds is 13. The Labute approximate surface area is 240 Å². The van der Waals surface area contributed by atoms with E-state index in [2.05, 4.69) is 5.32 Å². The molecule has 7 nitrogen and oxygen atoms in total. The van der Waals surface area contributed by atoms with Crippen LogP contribution in [0.25, 0.3) is 11.1 Å². The summed E-state index contributed by atoms with van der Waals surface area (Å²) in [6.07, 6.45) is 1.27. The number of aliphatic hydroxyl groups excluding tert-OH is 1. The maximum absolute atomic E-state index is 13.9. The fourth-order valence-electron chi connectivity index (χ4n) is 4.81. The van der Waals surface area contributed by atoms with Gasteiger partial charge in [-0.15, -0.1) is 0 Å². The van der Waals surface area contributed by atoms with Crippen LogP contribution in [-0.2, 0) is 11.2 Å². The van der Waals surface area contributed by atoms with Gasteiger partial charge in [0.1, 0.15) is 0 Å². The van der Waals surface area contributed by atoms with Crippen LogP contribution in [0.3, 0.4) is 0 Å². The summed E-state index contributed by atoms with van der Waals surface area (Å²) in [6, 6.07) is 32.7. The van der Waals surface area contributed by atoms with E-state index in [9.17, 15) is 24.6 Å². The van der Waals surface area contributed by atoms with Crippen molar-refractivity contribution in [2.45, 2.75) is 25.3 Å². The summed E-state index contributed by atoms with van der Waals surface area (Å²) < 4.78 is 0. The van der Waals surface area contributed by atoms with Crippen molar-refractivity contribution in [1.82, 2.24) is 10.2 Å². The van der Waals surface area contributed by atoms with Gasteiger partial charge in [0.05, 0.1) is 19.1 Å². The Hall–Kier alpha value is -4.75. The summed E-state index contributed by atoms with van der Waals surface area (Å²) >= 11 is 0. The van der Waals surface area contributed by atoms with Crippen LogP contribution in [0.2, 0.25) is 0 Å². The molecule has 41 heavy (non-hydrogen) atoms. The van der Waals surface area contributed by atoms with Crippen molar-refractivity contribution < 1.29 is 24.6 Å². The van der Waals surface area contributed by atoms with E-state index >= 15 is 0 Å². The van der Waals surface area contributed by atoms with Crippen molar-refractivity contribution in [2.24, 2.45) is 0 Å². The second kappa shape index (κ2) is 14.6. The molecule has 0 fully saturated rings. The van der Waals surface area contributed by atoms with Gasteiger partial charge in [0.15, 0.2) is 0 Å². The van der Waals surface area contributed by atoms with Crippen molar-refractivity contribution >= 4 is 17.8 Å². The number of hydrogen-bond acceptors (Lipinski definition) is 4. The number of aryl methyl sites for hydroxylation is 1. The maximum Gasteiger partial charge on any atom is 0.305 e. The summed E-state index contributed by atoms with van der Waals surface area (Å²) in [5.74, 6) is -1.64. The minimum atomic E-state index is -0.974. The first kappa shape index (κ1) is 29.2. The van der Waals surface area contributed by atoms with Gasteiger partial charge in [-0.2, -0.15) is 0 Å². The second-order valence-corrected chi connectivity index (χ2v) is 9.74. The molecule has 0 aliphatic rings. The highest BCUT2D eigenvalue weighted by atomic mass is 16.4. The quantitative estimate of drug-likeness (QED) is 0.208. The number of nitrogens with one attached hydrogen (secondary N) is 1. The van der Waals surface area contributed by atoms with Gasteiger partial charge in [-0.1, -0.05) is 97.1 Å². The first-order chi connectivity index (χ1) is 20.0. The van der Waals surface area contributed by atoms with Crippen LogP contribution in [-0.4, -0.2) is 52.6 Å². The summed E-state index contributed by atoms with van der Waals surface area (Å²) in [6.45, 7) is 0.204. The highest BCUT2D eigenvalue weighted by Gasteiger charge is 2.23. The molecule has 0 aliphatic heterocycles. The highest BCUT2D eigenvalue weighted by molar-refractivity contribution is 6.06. The van der Waals surface area contributed by atoms with Crippen LogP contribution in [0.4, 0.5) is 0 Å². The van der Waals surface area contributed by atoms with Gasteiger partial charge in [0.2, 0.25) is 0 Å². The number of carbonyl (C=O) groups excluding carboxylic acids is 2. The van der Waals surface area contributed by atoms with Gasteiger partial charge in [0.25, 0.3) is 11.8 Å². The van der Waals surface area contributed by atoms with Crippen molar-refractivity contribution in [3.8, 4) is 11.1 Å². The number of aliphatic hydroxyl groups is 1. The fraction of sp³-hybridized carbons (Fsp3) is 0.206. The molecule has 0 bridgehead atoms. The lowest BCUT2D eigenvalue weighted by atomic mass is 9.94. The zero-order chi connectivity index (χ0) is 29.0. The predicted octanol–water partition coefficient (Wildman–Crippen LogP) is 5.37. The number of benzene rings is 4. The third kappa shape index (κ3) is 7.90. The van der Waals surface area contributed by atoms with E-state index in [4.69, 9.17) is 0 Å². The third-order valence-corrected chi connectivity index (χ3v) is 6.93. The van der Waals surface area contributed by atoms with Crippen molar-refractivity contribution in [2.75, 3.05) is 19.7 Å². The van der Waals surface area contributed by atoms with Crippen LogP contribution in [0.5, 0.6) is 0 Å². The predicted molar refractivity (Wildman–Crippen MR) is 159 cm³/mol. The third-order valence-electron chi connectivity index (χ3n) is 6.93. The molecule has 210 valence electrons. The molecule has 4 aromatic rings. The van der Waals surface area contributed by atoms with Crippen LogP contribution in [0.15, 0.2) is 109 Å². The molecule has 1 atom stereocenters. The van der Waals surface area contributed by atoms with E-state index < -0.39 is 12.0 Å². The lowest BCUT2D eigenvalue weighted by molar-refractivity contribution is -0.137. The average Bonchev–Trinajstić information content (AvgIpc) is 3.02. The van der Waals surface area contributed by atoms with Gasteiger partial charge in [-0.05, 0) is 47.2 Å². The molecule has 3 N–H and O–H groups in total. The fourth-order valence-corrected chi connectivity index (χ4v) is 4.81. The van der Waals surface area contributed by atoms with Gasteiger partial charge in [-0.25, -0.2) is 0 Å². The largest absolute Gasteiger partial charge is 0.481 e. The van der Waals surface area contributed by atoms with Crippen LogP contribution >= 0.6 is 0 Å². The molecule has 0 heterocycles. The SMILES string of the molecule is O=C(O)CCN(CCCc1ccccc1)C(=O)c1ccccc1-c1ccccc1C(=O)N[C@H](CO)c1ccccc1. The molecule has 4 aromatic carbocycles. The Bertz CT molecular complexity index is 1460. The topological polar surface area (TPSA) is 107 Å². The van der Waals surface area contributed by atoms with E-state index in [0.29, 0.717) is 35.2 Å². The van der Waals surface area contributed by atoms with Crippen LogP contribution < -0.4 is 5.32 Å². The molecule has 4 rings (SSSR count). The summed E-state index contributed by atoms with van der Waals surface area (Å²) in [5, 5.41) is 22.2. The number of aliphatic carboxylic acids is 1. The van der Waals surface area contributed by atoms with E-state index in [0.717, 1.165) is 17.5 Å². The number of amides is 2. The number of hydrogen-bond donors (Lipinski definition) is 3. The molecule has 0 unspecified atom stereocenters. The highest BCUT2D eigenvalue weighted by Crippen LogP contribution is 2.29. The average molecular weight is 551 g/mol. The van der Waals surface area contributed by atoms with Crippen LogP contribution in [0, 0.1) is 0 Å². The Balaban J connectivity index is 1.60. The summed E-state index contributed by atoms with van der Waals surface area (Å²) in [4.78, 5) is 40.3. The standard InChI is InChI=1S/C34H34N2O5/c37-24-31(26-15-5-2-6-16-26)35-33(40)29-19-9-7-17-27(29)28-18-8-10-20-30(28)34(41)36(23-21-32(38)39)22-11-14-25-12-3-1-4-13-25/h1-10,12-13,15-20,31,37H,11,14,21-24H2,(H,35,40)(H,38,39)/t31-/m1/s1. The Kier molecular flexibility index (Phi) is 10.4. The molecule has 2 amide bonds. The molecule has 0 saturated carbocycles. The van der Waals surface area contributed by atoms with E-state index in [1.54, 1.807) is 53.4 Å². The summed E-state index contributed by atoms with van der Waals surface area (Å²) in [7, 11) is 0. The van der Waals surface area contributed by atoms with E-state index in [1.807, 2.05) is 60.7 Å². The smallest absolute Gasteiger partial charge is 0.305 e. The Morgan fingerprint density at radius 3 is 1.90 bits per heavy atom. The van der Waals surface area contributed by atoms with Gasteiger partial charge < -0.3 is 20.4 Å². The molecule has 0 spiro atoms. The van der Waals surface area contributed by atoms with E-state index in [1.165, 1.54) is 0 Å². The molecule has 0 aromatic heterocycles. The lowest BCUT2D eigenvalue weighted by Crippen LogP contribution is -2.34. The molecule has 0 radical (unpaired) electrons. The van der Waals surface area contributed by atoms with Gasteiger partial charge in [-0.3, -0.25) is 14.4 Å². The normalized spacial score (nSPS) is 11.4. The number of carbonyl (C=O) groups is 3. The molecule has 7 heteroatoms. The Morgan fingerprint density at radius 1 is 0.707 bits per heavy atom. The summed E-state index contributed by atoms with van der Waals surface area (Å²) in [5.41, 5.74) is 3.83. The second-order valence-electron chi connectivity index (χ2n) is 9.74. The molecular formula is C34H34N2O5. The Morgan fingerprint density at radius 2 is 1.27 bits per heavy atom. The van der Waals surface area contributed by atoms with Crippen molar-refractivity contribution in [1.29, 1.82) is 0 Å². The van der Waals surface area contributed by atoms with Gasteiger partial charge in [0, 0.05) is 24.2 Å². The molecular weight excluding hydrogens is 516 g/mol. The lowest BCUT2D eigenvalue weighted by Gasteiger charge is -2.24. The van der Waals surface area contributed by atoms with Crippen LogP contribution in [0.1, 0.15) is 50.7 Å². The first-order valence-corrected chi connectivity index (χ1v) is 13.7. The maximum atomic E-state index is 13.9. The molecule has 0 saturated heterocycles. The first-order valence-electron chi connectivity index (χ1n) is 13.7. The monoisotopic (exact) mass is 550 g/mol. The minimum Gasteiger partial charge on any atom is -0.481 e. The minimum absolute atomic E-state index is 0.0781. The number of carboxylic acids is 1. The van der Waals surface area contributed by atoms with Crippen molar-refractivity contribution in [3.05, 3.63) is 131 Å². The number of carboxylic acid groups (broad SMARTS) is 1. The van der Waals surface area contributed by atoms with Crippen molar-refractivity contribution in [3.63, 3.8) is 0 Å². The van der Waals surface area contributed by atoms with Gasteiger partial charge >= 0.3 is 5.97 Å². The number of nitrogens with zero attached hydrogens (tertiary/aromatic N) is 1. The zero-order valence-corrected chi connectivity index (χ0v) is 22.8. The molecule has 0 aliphatic carbocycles.